The molecule has 86 valence electrons. The van der Waals surface area contributed by atoms with Gasteiger partial charge in [-0.1, -0.05) is 87.0 Å². The molecular weight excluding hydrogens is 300 g/mol. The van der Waals surface area contributed by atoms with E-state index in [-0.39, 0.29) is 0 Å². The summed E-state index contributed by atoms with van der Waals surface area (Å²) >= 11 is 3.62. The minimum absolute atomic E-state index is 0.706. The Morgan fingerprint density at radius 1 is 0.667 bits per heavy atom. The van der Waals surface area contributed by atoms with Gasteiger partial charge in [0.05, 0.1) is 0 Å². The maximum absolute atomic E-state index is 3.62. The Hall–Kier alpha value is -1.38. The summed E-state index contributed by atoms with van der Waals surface area (Å²) in [6, 6.07) is 23.6. The van der Waals surface area contributed by atoms with Crippen LogP contribution in [-0.2, 0) is 0 Å². The number of benzene rings is 3. The van der Waals surface area contributed by atoms with Gasteiger partial charge in [0, 0.05) is 4.47 Å². The molecule has 3 rings (SSSR count). The van der Waals surface area contributed by atoms with Crippen molar-refractivity contribution in [1.29, 1.82) is 0 Å². The van der Waals surface area contributed by atoms with Crippen molar-refractivity contribution >= 4 is 46.6 Å². The van der Waals surface area contributed by atoms with Gasteiger partial charge in [-0.2, -0.15) is 0 Å². The molecule has 0 unspecified atom stereocenters. The Labute approximate surface area is 118 Å². The molecule has 0 aliphatic carbocycles. The fraction of sp³-hybridized carbons (Fsp3) is 0. The van der Waals surface area contributed by atoms with Crippen LogP contribution in [-0.4, -0.2) is 9.52 Å². The molecule has 3 aromatic rings. The SMILES string of the molecule is Brc1cccc2c([Si]c3ccccc3)cccc12. The van der Waals surface area contributed by atoms with E-state index in [1.54, 1.807) is 0 Å². The van der Waals surface area contributed by atoms with Gasteiger partial charge in [0.1, 0.15) is 9.52 Å². The Bertz CT molecular complexity index is 677. The maximum atomic E-state index is 3.62. The third kappa shape index (κ3) is 2.26. The van der Waals surface area contributed by atoms with Crippen molar-refractivity contribution in [3.05, 3.63) is 71.2 Å². The minimum atomic E-state index is 0.706. The maximum Gasteiger partial charge on any atom is 0.122 e. The standard InChI is InChI=1S/C16H11BrSi/c17-15-10-4-9-14-13(15)8-5-11-16(14)18-12-6-2-1-3-7-12/h1-11H. The summed E-state index contributed by atoms with van der Waals surface area (Å²) in [5.74, 6) is 0. The zero-order chi connectivity index (χ0) is 12.4. The van der Waals surface area contributed by atoms with E-state index in [9.17, 15) is 0 Å². The van der Waals surface area contributed by atoms with E-state index in [2.05, 4.69) is 82.7 Å². The second-order valence-corrected chi connectivity index (χ2v) is 6.35. The first-order valence-electron chi connectivity index (χ1n) is 5.84. The highest BCUT2D eigenvalue weighted by molar-refractivity contribution is 9.10. The van der Waals surface area contributed by atoms with Crippen LogP contribution in [0.2, 0.25) is 0 Å². The number of halogens is 1. The van der Waals surface area contributed by atoms with Crippen molar-refractivity contribution in [3.63, 3.8) is 0 Å². The van der Waals surface area contributed by atoms with Crippen molar-refractivity contribution in [3.8, 4) is 0 Å². The Morgan fingerprint density at radius 2 is 1.39 bits per heavy atom. The normalized spacial score (nSPS) is 10.7. The van der Waals surface area contributed by atoms with Crippen LogP contribution in [0.25, 0.3) is 10.8 Å². The molecule has 0 fully saturated rings. The van der Waals surface area contributed by atoms with Crippen LogP contribution in [0.5, 0.6) is 0 Å². The molecule has 0 saturated carbocycles. The molecule has 0 nitrogen and oxygen atoms in total. The van der Waals surface area contributed by atoms with Crippen LogP contribution in [0.4, 0.5) is 0 Å². The Kier molecular flexibility index (Phi) is 3.30. The molecule has 0 bridgehead atoms. The monoisotopic (exact) mass is 310 g/mol. The number of hydrogen-bond acceptors (Lipinski definition) is 0. The largest absolute Gasteiger partial charge is 0.122 e. The van der Waals surface area contributed by atoms with E-state index in [1.165, 1.54) is 25.6 Å². The minimum Gasteiger partial charge on any atom is -0.0631 e. The molecule has 0 heterocycles. The summed E-state index contributed by atoms with van der Waals surface area (Å²) in [5.41, 5.74) is 0. The van der Waals surface area contributed by atoms with Gasteiger partial charge in [-0.15, -0.1) is 0 Å². The molecule has 0 amide bonds. The number of fused-ring (bicyclic) bond motifs is 1. The lowest BCUT2D eigenvalue weighted by Gasteiger charge is -2.07. The first-order chi connectivity index (χ1) is 8.84. The molecule has 18 heavy (non-hydrogen) atoms. The number of hydrogen-bond donors (Lipinski definition) is 0. The average Bonchev–Trinajstić information content (AvgIpc) is 2.41. The van der Waals surface area contributed by atoms with Gasteiger partial charge in [0.25, 0.3) is 0 Å². The van der Waals surface area contributed by atoms with Crippen LogP contribution in [0, 0.1) is 0 Å². The highest BCUT2D eigenvalue weighted by atomic mass is 79.9. The quantitative estimate of drug-likeness (QED) is 0.637. The van der Waals surface area contributed by atoms with Crippen LogP contribution in [0.3, 0.4) is 0 Å². The van der Waals surface area contributed by atoms with Crippen LogP contribution < -0.4 is 10.4 Å². The van der Waals surface area contributed by atoms with Crippen molar-refractivity contribution in [2.75, 3.05) is 0 Å². The molecule has 0 aromatic heterocycles. The molecule has 2 radical (unpaired) electrons. The molecular formula is C16H11BrSi. The topological polar surface area (TPSA) is 0 Å². The molecule has 0 saturated heterocycles. The van der Waals surface area contributed by atoms with E-state index in [4.69, 9.17) is 0 Å². The van der Waals surface area contributed by atoms with Gasteiger partial charge in [0.15, 0.2) is 0 Å². The summed E-state index contributed by atoms with van der Waals surface area (Å²) in [4.78, 5) is 0. The lowest BCUT2D eigenvalue weighted by atomic mass is 10.1. The van der Waals surface area contributed by atoms with Gasteiger partial charge < -0.3 is 0 Å². The molecule has 0 aliphatic rings. The van der Waals surface area contributed by atoms with Crippen molar-refractivity contribution in [2.45, 2.75) is 0 Å². The lowest BCUT2D eigenvalue weighted by molar-refractivity contribution is 1.73. The van der Waals surface area contributed by atoms with Gasteiger partial charge in [-0.25, -0.2) is 0 Å². The van der Waals surface area contributed by atoms with E-state index < -0.39 is 0 Å². The summed E-state index contributed by atoms with van der Waals surface area (Å²) in [7, 11) is 0.706. The molecule has 0 spiro atoms. The Balaban J connectivity index is 2.10. The van der Waals surface area contributed by atoms with Crippen LogP contribution in [0.15, 0.2) is 71.2 Å². The van der Waals surface area contributed by atoms with Gasteiger partial charge in [-0.3, -0.25) is 0 Å². The predicted molar refractivity (Wildman–Crippen MR) is 83.1 cm³/mol. The zero-order valence-corrected chi connectivity index (χ0v) is 12.3. The zero-order valence-electron chi connectivity index (χ0n) is 9.73. The van der Waals surface area contributed by atoms with Gasteiger partial charge in [0.2, 0.25) is 0 Å². The third-order valence-electron chi connectivity index (χ3n) is 2.92. The van der Waals surface area contributed by atoms with Crippen LogP contribution >= 0.6 is 15.9 Å². The average molecular weight is 311 g/mol. The molecule has 3 aromatic carbocycles. The Morgan fingerprint density at radius 3 is 2.22 bits per heavy atom. The summed E-state index contributed by atoms with van der Waals surface area (Å²) < 4.78 is 1.17. The summed E-state index contributed by atoms with van der Waals surface area (Å²) in [6.45, 7) is 0. The molecule has 2 heteroatoms. The highest BCUT2D eigenvalue weighted by Gasteiger charge is 2.04. The fourth-order valence-electron chi connectivity index (χ4n) is 2.06. The molecule has 0 N–H and O–H groups in total. The molecule has 0 atom stereocenters. The van der Waals surface area contributed by atoms with Gasteiger partial charge >= 0.3 is 0 Å². The predicted octanol–water partition coefficient (Wildman–Crippen LogP) is 3.26. The number of rotatable bonds is 2. The molecule has 0 aliphatic heterocycles. The van der Waals surface area contributed by atoms with Crippen molar-refractivity contribution < 1.29 is 0 Å². The third-order valence-corrected chi connectivity index (χ3v) is 4.94. The van der Waals surface area contributed by atoms with Crippen molar-refractivity contribution in [1.82, 2.24) is 0 Å². The van der Waals surface area contributed by atoms with Crippen LogP contribution in [0.1, 0.15) is 0 Å². The van der Waals surface area contributed by atoms with E-state index in [0.29, 0.717) is 9.52 Å². The van der Waals surface area contributed by atoms with Gasteiger partial charge in [-0.05, 0) is 16.8 Å². The first-order valence-corrected chi connectivity index (χ1v) is 7.63. The lowest BCUT2D eigenvalue weighted by Crippen LogP contribution is -2.27. The first kappa shape index (κ1) is 11.7. The van der Waals surface area contributed by atoms with Crippen molar-refractivity contribution in [2.24, 2.45) is 0 Å². The fourth-order valence-corrected chi connectivity index (χ4v) is 3.76. The van der Waals surface area contributed by atoms with E-state index in [0.717, 1.165) is 0 Å². The second-order valence-electron chi connectivity index (χ2n) is 4.13. The smallest absolute Gasteiger partial charge is 0.0631 e. The summed E-state index contributed by atoms with van der Waals surface area (Å²) in [6.07, 6.45) is 0. The highest BCUT2D eigenvalue weighted by Crippen LogP contribution is 2.21. The second kappa shape index (κ2) is 5.08. The van der Waals surface area contributed by atoms with E-state index in [1.807, 2.05) is 0 Å². The van der Waals surface area contributed by atoms with E-state index >= 15 is 0 Å². The summed E-state index contributed by atoms with van der Waals surface area (Å²) in [5, 5.41) is 5.41.